The van der Waals surface area contributed by atoms with Gasteiger partial charge in [-0.1, -0.05) is 23.7 Å². The van der Waals surface area contributed by atoms with E-state index in [0.717, 1.165) is 24.7 Å². The van der Waals surface area contributed by atoms with Crippen molar-refractivity contribution in [2.24, 2.45) is 0 Å². The highest BCUT2D eigenvalue weighted by Gasteiger charge is 2.33. The van der Waals surface area contributed by atoms with Crippen molar-refractivity contribution in [1.82, 2.24) is 5.32 Å². The Labute approximate surface area is 172 Å². The SMILES string of the molecule is C[C@H](NC(=S)Nc1ccc(Cl)c(C(F)(F)F)c1)c1ccc(N2CCCC2)cc1. The molecule has 3 nitrogen and oxygen atoms in total. The van der Waals surface area contributed by atoms with E-state index in [1.807, 2.05) is 19.1 Å². The molecule has 2 N–H and O–H groups in total. The number of nitrogens with zero attached hydrogens (tertiary/aromatic N) is 1. The van der Waals surface area contributed by atoms with Crippen LogP contribution in [0.1, 0.15) is 36.9 Å². The van der Waals surface area contributed by atoms with Crippen molar-refractivity contribution in [3.63, 3.8) is 0 Å². The number of halogens is 4. The second kappa shape index (κ2) is 8.57. The Morgan fingerprint density at radius 3 is 2.36 bits per heavy atom. The second-order valence-electron chi connectivity index (χ2n) is 6.80. The molecule has 0 aliphatic carbocycles. The third-order valence-corrected chi connectivity index (χ3v) is 5.29. The van der Waals surface area contributed by atoms with Gasteiger partial charge in [-0.2, -0.15) is 13.2 Å². The summed E-state index contributed by atoms with van der Waals surface area (Å²) in [6, 6.07) is 11.8. The monoisotopic (exact) mass is 427 g/mol. The molecule has 0 aromatic heterocycles. The van der Waals surface area contributed by atoms with E-state index in [2.05, 4.69) is 27.7 Å². The molecule has 0 unspecified atom stereocenters. The van der Waals surface area contributed by atoms with E-state index in [0.29, 0.717) is 0 Å². The van der Waals surface area contributed by atoms with Gasteiger partial charge in [-0.25, -0.2) is 0 Å². The van der Waals surface area contributed by atoms with Crippen molar-refractivity contribution < 1.29 is 13.2 Å². The Balaban J connectivity index is 1.61. The van der Waals surface area contributed by atoms with Crippen LogP contribution in [0.15, 0.2) is 42.5 Å². The number of hydrogen-bond acceptors (Lipinski definition) is 2. The van der Waals surface area contributed by atoms with Crippen molar-refractivity contribution in [1.29, 1.82) is 0 Å². The van der Waals surface area contributed by atoms with Gasteiger partial charge < -0.3 is 15.5 Å². The lowest BCUT2D eigenvalue weighted by atomic mass is 10.1. The van der Waals surface area contributed by atoms with Gasteiger partial charge in [-0.3, -0.25) is 0 Å². The van der Waals surface area contributed by atoms with Crippen LogP contribution in [-0.2, 0) is 6.18 Å². The van der Waals surface area contributed by atoms with Gasteiger partial charge in [-0.15, -0.1) is 0 Å². The van der Waals surface area contributed by atoms with Crippen LogP contribution in [0.5, 0.6) is 0 Å². The summed E-state index contributed by atoms with van der Waals surface area (Å²) in [5, 5.41) is 5.79. The topological polar surface area (TPSA) is 27.3 Å². The molecular formula is C20H21ClF3N3S. The number of hydrogen-bond donors (Lipinski definition) is 2. The van der Waals surface area contributed by atoms with Crippen LogP contribution in [-0.4, -0.2) is 18.2 Å². The molecule has 0 amide bonds. The number of rotatable bonds is 4. The van der Waals surface area contributed by atoms with Crippen LogP contribution in [0.3, 0.4) is 0 Å². The minimum atomic E-state index is -4.52. The first-order valence-corrected chi connectivity index (χ1v) is 9.82. The highest BCUT2D eigenvalue weighted by Crippen LogP contribution is 2.36. The Hall–Kier alpha value is -1.99. The average Bonchev–Trinajstić information content (AvgIpc) is 3.17. The first-order valence-electron chi connectivity index (χ1n) is 9.03. The Morgan fingerprint density at radius 1 is 1.11 bits per heavy atom. The van der Waals surface area contributed by atoms with E-state index in [4.69, 9.17) is 23.8 Å². The normalized spacial score (nSPS) is 15.4. The molecule has 0 radical (unpaired) electrons. The summed E-state index contributed by atoms with van der Waals surface area (Å²) in [4.78, 5) is 2.35. The molecule has 1 fully saturated rings. The van der Waals surface area contributed by atoms with Crippen molar-refractivity contribution in [3.8, 4) is 0 Å². The molecule has 28 heavy (non-hydrogen) atoms. The molecule has 150 valence electrons. The molecule has 3 rings (SSSR count). The van der Waals surface area contributed by atoms with Crippen molar-refractivity contribution in [3.05, 3.63) is 58.6 Å². The average molecular weight is 428 g/mol. The lowest BCUT2D eigenvalue weighted by Crippen LogP contribution is -2.31. The van der Waals surface area contributed by atoms with Crippen LogP contribution in [0.2, 0.25) is 5.02 Å². The fourth-order valence-corrected chi connectivity index (χ4v) is 3.74. The third kappa shape index (κ3) is 5.08. The Kier molecular flexibility index (Phi) is 6.35. The van der Waals surface area contributed by atoms with Gasteiger partial charge in [0.25, 0.3) is 0 Å². The maximum atomic E-state index is 13.0. The lowest BCUT2D eigenvalue weighted by molar-refractivity contribution is -0.137. The summed E-state index contributed by atoms with van der Waals surface area (Å²) < 4.78 is 38.9. The zero-order valence-corrected chi connectivity index (χ0v) is 16.9. The van der Waals surface area contributed by atoms with Crippen LogP contribution >= 0.6 is 23.8 Å². The first kappa shape index (κ1) is 20.7. The van der Waals surface area contributed by atoms with Crippen LogP contribution in [0.25, 0.3) is 0 Å². The molecule has 2 aromatic carbocycles. The van der Waals surface area contributed by atoms with Gasteiger partial charge in [-0.05, 0) is 67.9 Å². The second-order valence-corrected chi connectivity index (χ2v) is 7.61. The van der Waals surface area contributed by atoms with Gasteiger partial charge >= 0.3 is 6.18 Å². The van der Waals surface area contributed by atoms with E-state index in [1.54, 1.807) is 0 Å². The summed E-state index contributed by atoms with van der Waals surface area (Å²) in [7, 11) is 0. The number of benzene rings is 2. The van der Waals surface area contributed by atoms with E-state index in [1.165, 1.54) is 30.7 Å². The van der Waals surface area contributed by atoms with Crippen molar-refractivity contribution in [2.75, 3.05) is 23.3 Å². The lowest BCUT2D eigenvalue weighted by Gasteiger charge is -2.21. The minimum absolute atomic E-state index is 0.0954. The van der Waals surface area contributed by atoms with Crippen molar-refractivity contribution >= 4 is 40.3 Å². The van der Waals surface area contributed by atoms with Crippen LogP contribution < -0.4 is 15.5 Å². The summed E-state index contributed by atoms with van der Waals surface area (Å²) in [6.07, 6.45) is -2.07. The van der Waals surface area contributed by atoms with Gasteiger partial charge in [0.05, 0.1) is 16.6 Å². The standard InChI is InChI=1S/C20H21ClF3N3S/c1-13(14-4-7-16(8-5-14)27-10-2-3-11-27)25-19(28)26-15-6-9-18(21)17(12-15)20(22,23)24/h4-9,12-13H,2-3,10-11H2,1H3,(H2,25,26,28)/t13-/m0/s1. The zero-order chi connectivity index (χ0) is 20.3. The molecule has 1 aliphatic heterocycles. The summed E-state index contributed by atoms with van der Waals surface area (Å²) in [6.45, 7) is 4.12. The molecule has 0 bridgehead atoms. The summed E-state index contributed by atoms with van der Waals surface area (Å²) in [5.74, 6) is 0. The molecule has 8 heteroatoms. The smallest absolute Gasteiger partial charge is 0.372 e. The zero-order valence-electron chi connectivity index (χ0n) is 15.3. The predicted octanol–water partition coefficient (Wildman–Crippen LogP) is 6.01. The Morgan fingerprint density at radius 2 is 1.75 bits per heavy atom. The van der Waals surface area contributed by atoms with Gasteiger partial charge in [0.15, 0.2) is 5.11 Å². The molecule has 2 aromatic rings. The predicted molar refractivity (Wildman–Crippen MR) is 112 cm³/mol. The molecule has 0 saturated carbocycles. The van der Waals surface area contributed by atoms with Crippen LogP contribution in [0.4, 0.5) is 24.5 Å². The maximum absolute atomic E-state index is 13.0. The van der Waals surface area contributed by atoms with Crippen molar-refractivity contribution in [2.45, 2.75) is 32.0 Å². The van der Waals surface area contributed by atoms with Gasteiger partial charge in [0.2, 0.25) is 0 Å². The van der Waals surface area contributed by atoms with Crippen LogP contribution in [0, 0.1) is 0 Å². The van der Waals surface area contributed by atoms with E-state index in [-0.39, 0.29) is 21.9 Å². The van der Waals surface area contributed by atoms with Gasteiger partial charge in [0.1, 0.15) is 0 Å². The van der Waals surface area contributed by atoms with E-state index < -0.39 is 11.7 Å². The molecule has 1 aliphatic rings. The number of nitrogens with one attached hydrogen (secondary N) is 2. The number of thiocarbonyl (C=S) groups is 1. The molecule has 1 atom stereocenters. The minimum Gasteiger partial charge on any atom is -0.372 e. The molecule has 1 saturated heterocycles. The molecule has 1 heterocycles. The maximum Gasteiger partial charge on any atom is 0.417 e. The summed E-state index contributed by atoms with van der Waals surface area (Å²) in [5.41, 5.74) is 1.58. The van der Waals surface area contributed by atoms with E-state index in [9.17, 15) is 13.2 Å². The van der Waals surface area contributed by atoms with E-state index >= 15 is 0 Å². The molecular weight excluding hydrogens is 407 g/mol. The third-order valence-electron chi connectivity index (χ3n) is 4.74. The first-order chi connectivity index (χ1) is 13.2. The highest BCUT2D eigenvalue weighted by molar-refractivity contribution is 7.80. The number of anilines is 2. The number of alkyl halides is 3. The summed E-state index contributed by atoms with van der Waals surface area (Å²) >= 11 is 10.9. The largest absolute Gasteiger partial charge is 0.417 e. The quantitative estimate of drug-likeness (QED) is 0.584. The molecule has 0 spiro atoms. The van der Waals surface area contributed by atoms with Gasteiger partial charge in [0, 0.05) is 24.5 Å². The fourth-order valence-electron chi connectivity index (χ4n) is 3.22. The highest BCUT2D eigenvalue weighted by atomic mass is 35.5. The Bertz CT molecular complexity index is 834. The fraction of sp³-hybridized carbons (Fsp3) is 0.350.